The van der Waals surface area contributed by atoms with Crippen molar-refractivity contribution in [2.24, 2.45) is 0 Å². The maximum absolute atomic E-state index is 11.5. The number of benzene rings is 1. The smallest absolute Gasteiger partial charge is 0.245 e. The molecular weight excluding hydrogens is 198 g/mol. The number of halogens is 1. The molecule has 2 aromatic rings. The molecule has 72 valence electrons. The van der Waals surface area contributed by atoms with Crippen LogP contribution in [-0.2, 0) is 0 Å². The van der Waals surface area contributed by atoms with Gasteiger partial charge in [-0.05, 0) is 18.6 Å². The Kier molecular flexibility index (Phi) is 2.30. The highest BCUT2D eigenvalue weighted by Crippen LogP contribution is 2.19. The Morgan fingerprint density at radius 2 is 2.21 bits per heavy atom. The van der Waals surface area contributed by atoms with Gasteiger partial charge >= 0.3 is 0 Å². The minimum absolute atomic E-state index is 0.0120. The van der Waals surface area contributed by atoms with Crippen molar-refractivity contribution in [3.05, 3.63) is 36.0 Å². The summed E-state index contributed by atoms with van der Waals surface area (Å²) in [5.74, 6) is -0.0750. The largest absolute Gasteiger partial charge is 0.286 e. The number of rotatable bonds is 1. The van der Waals surface area contributed by atoms with E-state index in [9.17, 15) is 4.79 Å². The van der Waals surface area contributed by atoms with Gasteiger partial charge in [-0.2, -0.15) is 0 Å². The number of fused-ring (bicyclic) bond motifs is 1. The van der Waals surface area contributed by atoms with Crippen molar-refractivity contribution in [2.45, 2.75) is 6.92 Å². The van der Waals surface area contributed by atoms with Gasteiger partial charge in [-0.15, -0.1) is 11.6 Å². The summed E-state index contributed by atoms with van der Waals surface area (Å²) in [6.45, 7) is 1.99. The van der Waals surface area contributed by atoms with E-state index in [0.29, 0.717) is 0 Å². The summed E-state index contributed by atoms with van der Waals surface area (Å²) < 4.78 is 1.61. The van der Waals surface area contributed by atoms with Gasteiger partial charge in [0, 0.05) is 11.6 Å². The van der Waals surface area contributed by atoms with Gasteiger partial charge in [0.15, 0.2) is 0 Å². The molecule has 0 amide bonds. The molecule has 14 heavy (non-hydrogen) atoms. The molecule has 0 unspecified atom stereocenters. The van der Waals surface area contributed by atoms with Crippen LogP contribution in [0.1, 0.15) is 10.4 Å². The molecular formula is C11H10ClNO. The molecule has 0 atom stereocenters. The third-order valence-electron chi connectivity index (χ3n) is 2.30. The second-order valence-corrected chi connectivity index (χ2v) is 3.49. The van der Waals surface area contributed by atoms with Gasteiger partial charge in [-0.25, -0.2) is 0 Å². The third kappa shape index (κ3) is 1.32. The zero-order valence-electron chi connectivity index (χ0n) is 7.83. The molecule has 3 heteroatoms. The first-order valence-corrected chi connectivity index (χ1v) is 4.93. The number of aryl methyl sites for hydroxylation is 1. The fraction of sp³-hybridized carbons (Fsp3) is 0.182. The van der Waals surface area contributed by atoms with Crippen molar-refractivity contribution >= 4 is 28.4 Å². The lowest BCUT2D eigenvalue weighted by molar-refractivity contribution is 0.0945. The number of aromatic nitrogens is 1. The van der Waals surface area contributed by atoms with Crippen molar-refractivity contribution in [2.75, 3.05) is 5.88 Å². The first-order valence-electron chi connectivity index (χ1n) is 4.40. The summed E-state index contributed by atoms with van der Waals surface area (Å²) >= 11 is 5.53. The van der Waals surface area contributed by atoms with Crippen LogP contribution in [0.25, 0.3) is 10.9 Å². The molecule has 2 nitrogen and oxygen atoms in total. The molecule has 0 aliphatic carbocycles. The van der Waals surface area contributed by atoms with E-state index in [1.54, 1.807) is 10.8 Å². The van der Waals surface area contributed by atoms with E-state index in [1.165, 1.54) is 0 Å². The summed E-state index contributed by atoms with van der Waals surface area (Å²) in [5, 5.41) is 1.07. The molecule has 0 saturated carbocycles. The van der Waals surface area contributed by atoms with E-state index in [4.69, 9.17) is 11.6 Å². The minimum Gasteiger partial charge on any atom is -0.286 e. The maximum atomic E-state index is 11.5. The fourth-order valence-corrected chi connectivity index (χ4v) is 1.78. The highest BCUT2D eigenvalue weighted by molar-refractivity contribution is 6.28. The number of alkyl halides is 1. The van der Waals surface area contributed by atoms with Crippen LogP contribution in [0, 0.1) is 6.92 Å². The van der Waals surface area contributed by atoms with E-state index < -0.39 is 0 Å². The van der Waals surface area contributed by atoms with Crippen molar-refractivity contribution in [3.63, 3.8) is 0 Å². The summed E-state index contributed by atoms with van der Waals surface area (Å²) in [5.41, 5.74) is 2.05. The predicted octanol–water partition coefficient (Wildman–Crippen LogP) is 2.83. The lowest BCUT2D eigenvalue weighted by Crippen LogP contribution is -2.10. The Bertz CT molecular complexity index is 487. The van der Waals surface area contributed by atoms with Crippen LogP contribution in [-0.4, -0.2) is 16.4 Å². The molecule has 0 fully saturated rings. The molecule has 0 radical (unpaired) electrons. The van der Waals surface area contributed by atoms with Crippen molar-refractivity contribution in [1.29, 1.82) is 0 Å². The van der Waals surface area contributed by atoms with Gasteiger partial charge < -0.3 is 0 Å². The Morgan fingerprint density at radius 3 is 2.93 bits per heavy atom. The van der Waals surface area contributed by atoms with Crippen LogP contribution in [0.3, 0.4) is 0 Å². The SMILES string of the molecule is Cc1cccc2ccn(C(=O)CCl)c12. The fourth-order valence-electron chi connectivity index (χ4n) is 1.65. The molecule has 2 rings (SSSR count). The van der Waals surface area contributed by atoms with Crippen LogP contribution < -0.4 is 0 Å². The third-order valence-corrected chi connectivity index (χ3v) is 2.52. The van der Waals surface area contributed by atoms with Crippen LogP contribution in [0.2, 0.25) is 0 Å². The van der Waals surface area contributed by atoms with E-state index in [0.717, 1.165) is 16.5 Å². The van der Waals surface area contributed by atoms with Crippen LogP contribution in [0.15, 0.2) is 30.5 Å². The van der Waals surface area contributed by atoms with Crippen LogP contribution in [0.5, 0.6) is 0 Å². The summed E-state index contributed by atoms with van der Waals surface area (Å²) in [7, 11) is 0. The van der Waals surface area contributed by atoms with Gasteiger partial charge in [-0.3, -0.25) is 9.36 Å². The topological polar surface area (TPSA) is 22.0 Å². The Labute approximate surface area is 87.1 Å². The van der Waals surface area contributed by atoms with Gasteiger partial charge in [0.05, 0.1) is 5.52 Å². The number of nitrogens with zero attached hydrogens (tertiary/aromatic N) is 1. The van der Waals surface area contributed by atoms with Gasteiger partial charge in [0.2, 0.25) is 5.91 Å². The van der Waals surface area contributed by atoms with E-state index in [1.807, 2.05) is 31.2 Å². The van der Waals surface area contributed by atoms with Crippen molar-refractivity contribution in [3.8, 4) is 0 Å². The summed E-state index contributed by atoms with van der Waals surface area (Å²) in [6, 6.07) is 7.88. The average Bonchev–Trinajstić information content (AvgIpc) is 2.62. The first kappa shape index (κ1) is 9.28. The van der Waals surface area contributed by atoms with Gasteiger partial charge in [0.25, 0.3) is 0 Å². The molecule has 0 spiro atoms. The molecule has 0 bridgehead atoms. The van der Waals surface area contributed by atoms with E-state index in [2.05, 4.69) is 0 Å². The molecule has 0 N–H and O–H groups in total. The Balaban J connectivity index is 2.73. The number of hydrogen-bond acceptors (Lipinski definition) is 1. The van der Waals surface area contributed by atoms with Crippen LogP contribution in [0.4, 0.5) is 0 Å². The Hall–Kier alpha value is -1.28. The second-order valence-electron chi connectivity index (χ2n) is 3.23. The molecule has 0 saturated heterocycles. The number of carbonyl (C=O) groups excluding carboxylic acids is 1. The normalized spacial score (nSPS) is 10.7. The number of para-hydroxylation sites is 1. The number of carbonyl (C=O) groups is 1. The highest BCUT2D eigenvalue weighted by atomic mass is 35.5. The zero-order chi connectivity index (χ0) is 10.1. The average molecular weight is 208 g/mol. The van der Waals surface area contributed by atoms with E-state index in [-0.39, 0.29) is 11.8 Å². The standard InChI is InChI=1S/C11H10ClNO/c1-8-3-2-4-9-5-6-13(11(8)9)10(14)7-12/h2-6H,7H2,1H3. The molecule has 1 heterocycles. The quantitative estimate of drug-likeness (QED) is 0.660. The second kappa shape index (κ2) is 3.46. The molecule has 0 aliphatic rings. The lowest BCUT2D eigenvalue weighted by atomic mass is 10.2. The maximum Gasteiger partial charge on any atom is 0.245 e. The summed E-state index contributed by atoms with van der Waals surface area (Å²) in [6.07, 6.45) is 1.77. The van der Waals surface area contributed by atoms with Crippen LogP contribution >= 0.6 is 11.6 Å². The Morgan fingerprint density at radius 1 is 1.43 bits per heavy atom. The minimum atomic E-state index is -0.0871. The zero-order valence-corrected chi connectivity index (χ0v) is 8.58. The van der Waals surface area contributed by atoms with Crippen molar-refractivity contribution < 1.29 is 4.79 Å². The molecule has 0 aliphatic heterocycles. The number of hydrogen-bond donors (Lipinski definition) is 0. The predicted molar refractivity (Wildman–Crippen MR) is 58.0 cm³/mol. The first-order chi connectivity index (χ1) is 6.74. The highest BCUT2D eigenvalue weighted by Gasteiger charge is 2.08. The molecule has 1 aromatic heterocycles. The molecule has 1 aromatic carbocycles. The summed E-state index contributed by atoms with van der Waals surface area (Å²) in [4.78, 5) is 11.5. The monoisotopic (exact) mass is 207 g/mol. The van der Waals surface area contributed by atoms with Gasteiger partial charge in [0.1, 0.15) is 5.88 Å². The van der Waals surface area contributed by atoms with E-state index >= 15 is 0 Å². The van der Waals surface area contributed by atoms with Gasteiger partial charge in [-0.1, -0.05) is 18.2 Å². The lowest BCUT2D eigenvalue weighted by Gasteiger charge is -2.03. The van der Waals surface area contributed by atoms with Crippen molar-refractivity contribution in [1.82, 2.24) is 4.57 Å².